The van der Waals surface area contributed by atoms with Crippen molar-refractivity contribution in [1.29, 1.82) is 0 Å². The number of nitrogens with zero attached hydrogens (tertiary/aromatic N) is 1. The molecule has 2 unspecified atom stereocenters. The molecule has 7 nitrogen and oxygen atoms in total. The van der Waals surface area contributed by atoms with Gasteiger partial charge >= 0.3 is 5.69 Å². The lowest BCUT2D eigenvalue weighted by atomic mass is 10.3. The Kier molecular flexibility index (Phi) is 3.77. The van der Waals surface area contributed by atoms with E-state index in [1.165, 1.54) is 10.8 Å². The maximum absolute atomic E-state index is 11.6. The molecular formula is C9H11BrN2O5. The molecule has 0 saturated carbocycles. The van der Waals surface area contributed by atoms with Gasteiger partial charge in [-0.1, -0.05) is 0 Å². The largest absolute Gasteiger partial charge is 0.391 e. The Balaban J connectivity index is 2.31. The average molecular weight is 307 g/mol. The van der Waals surface area contributed by atoms with Crippen molar-refractivity contribution in [3.8, 4) is 0 Å². The van der Waals surface area contributed by atoms with E-state index < -0.39 is 23.8 Å². The molecule has 2 atom stereocenters. The molecule has 94 valence electrons. The summed E-state index contributed by atoms with van der Waals surface area (Å²) < 4.78 is 12.0. The third-order valence-electron chi connectivity index (χ3n) is 2.36. The number of hydrogen-bond acceptors (Lipinski definition) is 5. The molecule has 0 amide bonds. The van der Waals surface area contributed by atoms with Crippen LogP contribution < -0.4 is 11.2 Å². The number of hydrogen-bond donors (Lipinski definition) is 2. The first-order valence-electron chi connectivity index (χ1n) is 5.00. The smallest absolute Gasteiger partial charge is 0.330 e. The lowest BCUT2D eigenvalue weighted by Crippen LogP contribution is -2.39. The Morgan fingerprint density at radius 2 is 2.35 bits per heavy atom. The van der Waals surface area contributed by atoms with Crippen molar-refractivity contribution in [3.63, 3.8) is 0 Å². The molecule has 1 aromatic heterocycles. The van der Waals surface area contributed by atoms with Gasteiger partial charge in [0.2, 0.25) is 0 Å². The van der Waals surface area contributed by atoms with Gasteiger partial charge in [0.05, 0.1) is 17.7 Å². The van der Waals surface area contributed by atoms with Crippen LogP contribution in [0.25, 0.3) is 0 Å². The molecule has 2 rings (SSSR count). The van der Waals surface area contributed by atoms with Crippen molar-refractivity contribution in [2.24, 2.45) is 0 Å². The Bertz CT molecular complexity index is 511. The molecule has 0 bridgehead atoms. The number of aromatic amines is 1. The first kappa shape index (κ1) is 12.5. The summed E-state index contributed by atoms with van der Waals surface area (Å²) in [6, 6.07) is 0. The van der Waals surface area contributed by atoms with Gasteiger partial charge in [0.15, 0.2) is 6.29 Å². The van der Waals surface area contributed by atoms with Crippen molar-refractivity contribution in [2.45, 2.75) is 18.9 Å². The maximum atomic E-state index is 11.6. The molecular weight excluding hydrogens is 296 g/mol. The molecule has 1 saturated heterocycles. The van der Waals surface area contributed by atoms with Crippen LogP contribution in [-0.2, 0) is 9.47 Å². The van der Waals surface area contributed by atoms with Crippen molar-refractivity contribution in [3.05, 3.63) is 31.5 Å². The molecule has 1 aliphatic heterocycles. The van der Waals surface area contributed by atoms with E-state index in [9.17, 15) is 9.59 Å². The van der Waals surface area contributed by atoms with E-state index in [1.807, 2.05) is 0 Å². The van der Waals surface area contributed by atoms with Crippen LogP contribution in [0.1, 0.15) is 12.6 Å². The van der Waals surface area contributed by atoms with Gasteiger partial charge in [0.25, 0.3) is 5.56 Å². The van der Waals surface area contributed by atoms with Crippen molar-refractivity contribution in [2.75, 3.05) is 13.2 Å². The SMILES string of the molecule is O=c1[nH]c(=O)n(C2CCOC(CO)O2)cc1Br. The number of rotatable bonds is 2. The van der Waals surface area contributed by atoms with Crippen LogP contribution in [-0.4, -0.2) is 34.2 Å². The molecule has 0 spiro atoms. The van der Waals surface area contributed by atoms with Crippen LogP contribution >= 0.6 is 15.9 Å². The number of halogens is 1. The van der Waals surface area contributed by atoms with Crippen LogP contribution in [0.2, 0.25) is 0 Å². The van der Waals surface area contributed by atoms with Gasteiger partial charge in [-0.15, -0.1) is 0 Å². The minimum atomic E-state index is -0.744. The Morgan fingerprint density at radius 1 is 1.59 bits per heavy atom. The summed E-state index contributed by atoms with van der Waals surface area (Å²) >= 11 is 3.04. The molecule has 2 N–H and O–H groups in total. The van der Waals surface area contributed by atoms with Gasteiger partial charge in [-0.25, -0.2) is 4.79 Å². The zero-order valence-electron chi connectivity index (χ0n) is 8.76. The number of aliphatic hydroxyl groups is 1. The second kappa shape index (κ2) is 5.13. The highest BCUT2D eigenvalue weighted by molar-refractivity contribution is 9.10. The minimum Gasteiger partial charge on any atom is -0.391 e. The summed E-state index contributed by atoms with van der Waals surface area (Å²) in [4.78, 5) is 24.9. The first-order chi connectivity index (χ1) is 8.11. The van der Waals surface area contributed by atoms with E-state index in [1.54, 1.807) is 0 Å². The van der Waals surface area contributed by atoms with Gasteiger partial charge < -0.3 is 14.6 Å². The fraction of sp³-hybridized carbons (Fsp3) is 0.556. The van der Waals surface area contributed by atoms with Crippen molar-refractivity contribution >= 4 is 15.9 Å². The summed E-state index contributed by atoms with van der Waals surface area (Å²) in [7, 11) is 0. The van der Waals surface area contributed by atoms with Gasteiger partial charge in [0, 0.05) is 12.6 Å². The molecule has 1 aliphatic rings. The van der Waals surface area contributed by atoms with E-state index in [-0.39, 0.29) is 11.1 Å². The number of ether oxygens (including phenoxy) is 2. The quantitative estimate of drug-likeness (QED) is 0.772. The highest BCUT2D eigenvalue weighted by Gasteiger charge is 2.24. The molecule has 0 aromatic carbocycles. The summed E-state index contributed by atoms with van der Waals surface area (Å²) in [6.45, 7) is 0.0921. The lowest BCUT2D eigenvalue weighted by molar-refractivity contribution is -0.246. The fourth-order valence-electron chi connectivity index (χ4n) is 1.56. The topological polar surface area (TPSA) is 93.6 Å². The molecule has 1 aromatic rings. The van der Waals surface area contributed by atoms with E-state index >= 15 is 0 Å². The summed E-state index contributed by atoms with van der Waals surface area (Å²) in [6.07, 6.45) is 0.536. The van der Waals surface area contributed by atoms with E-state index in [0.29, 0.717) is 13.0 Å². The molecule has 17 heavy (non-hydrogen) atoms. The highest BCUT2D eigenvalue weighted by atomic mass is 79.9. The molecule has 1 fully saturated rings. The molecule has 8 heteroatoms. The predicted octanol–water partition coefficient (Wildman–Crippen LogP) is -0.447. The number of aliphatic hydroxyl groups excluding tert-OH is 1. The highest BCUT2D eigenvalue weighted by Crippen LogP contribution is 2.20. The Hall–Kier alpha value is -0.960. The first-order valence-corrected chi connectivity index (χ1v) is 5.80. The second-order valence-electron chi connectivity index (χ2n) is 3.51. The third-order valence-corrected chi connectivity index (χ3v) is 2.93. The van der Waals surface area contributed by atoms with E-state index in [0.717, 1.165) is 0 Å². The van der Waals surface area contributed by atoms with Crippen LogP contribution in [0.5, 0.6) is 0 Å². The van der Waals surface area contributed by atoms with Crippen LogP contribution in [0.4, 0.5) is 0 Å². The molecule has 0 aliphatic carbocycles. The van der Waals surface area contributed by atoms with E-state index in [4.69, 9.17) is 14.6 Å². The van der Waals surface area contributed by atoms with Crippen molar-refractivity contribution in [1.82, 2.24) is 9.55 Å². The van der Waals surface area contributed by atoms with Crippen LogP contribution in [0.15, 0.2) is 20.3 Å². The molecule has 2 heterocycles. The number of nitrogens with one attached hydrogen (secondary N) is 1. The fourth-order valence-corrected chi connectivity index (χ4v) is 1.88. The number of aromatic nitrogens is 2. The third kappa shape index (κ3) is 2.65. The number of H-pyrrole nitrogens is 1. The summed E-state index contributed by atoms with van der Waals surface area (Å²) in [5.41, 5.74) is -1.04. The monoisotopic (exact) mass is 306 g/mol. The van der Waals surface area contributed by atoms with E-state index in [2.05, 4.69) is 20.9 Å². The van der Waals surface area contributed by atoms with Crippen LogP contribution in [0.3, 0.4) is 0 Å². The summed E-state index contributed by atoms with van der Waals surface area (Å²) in [5, 5.41) is 8.92. The van der Waals surface area contributed by atoms with Crippen LogP contribution in [0, 0.1) is 0 Å². The van der Waals surface area contributed by atoms with Gasteiger partial charge in [-0.05, 0) is 15.9 Å². The zero-order valence-corrected chi connectivity index (χ0v) is 10.3. The standard InChI is InChI=1S/C9H11BrN2O5/c10-5-3-12(9(15)11-8(5)14)6-1-2-16-7(4-13)17-6/h3,6-7,13H,1-2,4H2,(H,11,14,15). The van der Waals surface area contributed by atoms with Crippen molar-refractivity contribution < 1.29 is 14.6 Å². The lowest BCUT2D eigenvalue weighted by Gasteiger charge is -2.29. The average Bonchev–Trinajstić information content (AvgIpc) is 2.34. The maximum Gasteiger partial charge on any atom is 0.330 e. The van der Waals surface area contributed by atoms with Gasteiger partial charge in [0.1, 0.15) is 6.23 Å². The second-order valence-corrected chi connectivity index (χ2v) is 4.36. The normalized spacial score (nSPS) is 24.8. The van der Waals surface area contributed by atoms with Gasteiger partial charge in [-0.3, -0.25) is 14.3 Å². The summed E-state index contributed by atoms with van der Waals surface area (Å²) in [5.74, 6) is 0. The Morgan fingerprint density at radius 3 is 3.06 bits per heavy atom. The predicted molar refractivity (Wildman–Crippen MR) is 60.6 cm³/mol. The van der Waals surface area contributed by atoms with Gasteiger partial charge in [-0.2, -0.15) is 0 Å². The molecule has 0 radical (unpaired) electrons. The Labute approximate surface area is 104 Å². The zero-order chi connectivity index (χ0) is 12.4. The minimum absolute atomic E-state index is 0.243.